The summed E-state index contributed by atoms with van der Waals surface area (Å²) in [6.45, 7) is 7.15. The van der Waals surface area contributed by atoms with Crippen LogP contribution >= 0.6 is 15.9 Å². The normalized spacial score (nSPS) is 23.1. The SMILES string of the molecule is CC(C)Cn1ncc(NC2CCCC(C)CC2)c(Br)c1=O. The van der Waals surface area contributed by atoms with Crippen LogP contribution in [0, 0.1) is 11.8 Å². The van der Waals surface area contributed by atoms with Crippen LogP contribution in [0.25, 0.3) is 0 Å². The molecule has 1 aliphatic rings. The van der Waals surface area contributed by atoms with Crippen molar-refractivity contribution in [3.8, 4) is 0 Å². The second kappa shape index (κ2) is 7.43. The van der Waals surface area contributed by atoms with Gasteiger partial charge < -0.3 is 5.32 Å². The van der Waals surface area contributed by atoms with Crippen LogP contribution in [0.4, 0.5) is 5.69 Å². The zero-order valence-corrected chi connectivity index (χ0v) is 14.8. The van der Waals surface area contributed by atoms with Gasteiger partial charge in [-0.05, 0) is 47.0 Å². The first-order valence-electron chi connectivity index (χ1n) is 7.99. The number of nitrogens with one attached hydrogen (secondary N) is 1. The molecule has 2 unspecified atom stereocenters. The zero-order valence-electron chi connectivity index (χ0n) is 13.2. The molecular weight excluding hydrogens is 330 g/mol. The van der Waals surface area contributed by atoms with Crippen molar-refractivity contribution in [1.82, 2.24) is 9.78 Å². The molecule has 5 heteroatoms. The molecule has 1 fully saturated rings. The first-order valence-corrected chi connectivity index (χ1v) is 8.78. The number of anilines is 1. The van der Waals surface area contributed by atoms with Crippen molar-refractivity contribution in [3.63, 3.8) is 0 Å². The molecule has 0 amide bonds. The second-order valence-corrected chi connectivity index (χ2v) is 7.50. The van der Waals surface area contributed by atoms with Gasteiger partial charge in [0.15, 0.2) is 0 Å². The molecule has 4 nitrogen and oxygen atoms in total. The fraction of sp³-hybridized carbons (Fsp3) is 0.750. The van der Waals surface area contributed by atoms with Gasteiger partial charge in [0, 0.05) is 12.6 Å². The van der Waals surface area contributed by atoms with Gasteiger partial charge in [-0.25, -0.2) is 4.68 Å². The Morgan fingerprint density at radius 1 is 1.38 bits per heavy atom. The van der Waals surface area contributed by atoms with Crippen molar-refractivity contribution in [2.45, 2.75) is 65.5 Å². The first kappa shape index (κ1) is 16.5. The van der Waals surface area contributed by atoms with E-state index in [1.165, 1.54) is 36.8 Å². The molecule has 1 aromatic rings. The Morgan fingerprint density at radius 3 is 2.86 bits per heavy atom. The molecule has 1 saturated carbocycles. The van der Waals surface area contributed by atoms with E-state index in [4.69, 9.17) is 0 Å². The molecule has 1 aromatic heterocycles. The van der Waals surface area contributed by atoms with Gasteiger partial charge in [0.1, 0.15) is 4.47 Å². The molecule has 0 bridgehead atoms. The first-order chi connectivity index (χ1) is 9.97. The zero-order chi connectivity index (χ0) is 15.4. The number of halogens is 1. The highest BCUT2D eigenvalue weighted by molar-refractivity contribution is 9.10. The molecule has 0 radical (unpaired) electrons. The number of hydrogen-bond donors (Lipinski definition) is 1. The molecule has 2 rings (SSSR count). The third-order valence-corrected chi connectivity index (χ3v) is 4.91. The highest BCUT2D eigenvalue weighted by Gasteiger charge is 2.18. The van der Waals surface area contributed by atoms with Gasteiger partial charge in [0.25, 0.3) is 5.56 Å². The summed E-state index contributed by atoms with van der Waals surface area (Å²) in [5.41, 5.74) is 0.787. The van der Waals surface area contributed by atoms with Crippen LogP contribution in [0.3, 0.4) is 0 Å². The summed E-state index contributed by atoms with van der Waals surface area (Å²) >= 11 is 3.44. The highest BCUT2D eigenvalue weighted by atomic mass is 79.9. The lowest BCUT2D eigenvalue weighted by molar-refractivity contribution is 0.462. The van der Waals surface area contributed by atoms with Crippen molar-refractivity contribution >= 4 is 21.6 Å². The lowest BCUT2D eigenvalue weighted by atomic mass is 10.0. The van der Waals surface area contributed by atoms with E-state index in [2.05, 4.69) is 47.1 Å². The van der Waals surface area contributed by atoms with E-state index in [0.717, 1.165) is 11.6 Å². The van der Waals surface area contributed by atoms with E-state index < -0.39 is 0 Å². The van der Waals surface area contributed by atoms with Crippen LogP contribution in [0.5, 0.6) is 0 Å². The van der Waals surface area contributed by atoms with Crippen LogP contribution in [-0.2, 0) is 6.54 Å². The maximum absolute atomic E-state index is 12.3. The Hall–Kier alpha value is -0.840. The van der Waals surface area contributed by atoms with Crippen LogP contribution < -0.4 is 10.9 Å². The van der Waals surface area contributed by atoms with Crippen molar-refractivity contribution in [1.29, 1.82) is 0 Å². The predicted octanol–water partition coefficient (Wildman–Crippen LogP) is 4.04. The molecular formula is C16H26BrN3O. The fourth-order valence-corrected chi connectivity index (χ4v) is 3.31. The molecule has 1 N–H and O–H groups in total. The quantitative estimate of drug-likeness (QED) is 0.828. The van der Waals surface area contributed by atoms with E-state index in [-0.39, 0.29) is 5.56 Å². The minimum atomic E-state index is -0.0457. The Kier molecular flexibility index (Phi) is 5.85. The van der Waals surface area contributed by atoms with Gasteiger partial charge in [0.05, 0.1) is 11.9 Å². The van der Waals surface area contributed by atoms with Gasteiger partial charge in [0.2, 0.25) is 0 Å². The summed E-state index contributed by atoms with van der Waals surface area (Å²) in [6, 6.07) is 0.452. The van der Waals surface area contributed by atoms with Gasteiger partial charge >= 0.3 is 0 Å². The summed E-state index contributed by atoms with van der Waals surface area (Å²) in [4.78, 5) is 12.3. The summed E-state index contributed by atoms with van der Waals surface area (Å²) in [6.07, 6.45) is 7.95. The Labute approximate surface area is 135 Å². The predicted molar refractivity (Wildman–Crippen MR) is 90.7 cm³/mol. The molecule has 21 heavy (non-hydrogen) atoms. The van der Waals surface area contributed by atoms with Gasteiger partial charge in [-0.15, -0.1) is 0 Å². The number of hydrogen-bond acceptors (Lipinski definition) is 3. The maximum Gasteiger partial charge on any atom is 0.283 e. The van der Waals surface area contributed by atoms with Gasteiger partial charge in [-0.2, -0.15) is 5.10 Å². The van der Waals surface area contributed by atoms with Crippen LogP contribution in [0.1, 0.15) is 52.9 Å². The van der Waals surface area contributed by atoms with E-state index in [9.17, 15) is 4.79 Å². The van der Waals surface area contributed by atoms with Crippen molar-refractivity contribution in [2.24, 2.45) is 11.8 Å². The molecule has 1 heterocycles. The summed E-state index contributed by atoms with van der Waals surface area (Å²) in [7, 11) is 0. The topological polar surface area (TPSA) is 46.9 Å². The van der Waals surface area contributed by atoms with E-state index in [0.29, 0.717) is 23.0 Å². The van der Waals surface area contributed by atoms with E-state index in [1.807, 2.05) is 0 Å². The highest BCUT2D eigenvalue weighted by Crippen LogP contribution is 2.26. The van der Waals surface area contributed by atoms with Gasteiger partial charge in [-0.1, -0.05) is 33.6 Å². The average Bonchev–Trinajstić information content (AvgIpc) is 2.63. The summed E-state index contributed by atoms with van der Waals surface area (Å²) in [5.74, 6) is 1.22. The summed E-state index contributed by atoms with van der Waals surface area (Å²) < 4.78 is 2.14. The Morgan fingerprint density at radius 2 is 2.14 bits per heavy atom. The molecule has 0 saturated heterocycles. The van der Waals surface area contributed by atoms with Crippen molar-refractivity contribution in [2.75, 3.05) is 5.32 Å². The van der Waals surface area contributed by atoms with E-state index >= 15 is 0 Å². The fourth-order valence-electron chi connectivity index (χ4n) is 2.89. The molecule has 1 aliphatic carbocycles. The van der Waals surface area contributed by atoms with Gasteiger partial charge in [-0.3, -0.25) is 4.79 Å². The Balaban J connectivity index is 2.10. The third-order valence-electron chi connectivity index (χ3n) is 4.14. The smallest absolute Gasteiger partial charge is 0.283 e. The summed E-state index contributed by atoms with van der Waals surface area (Å²) in [5, 5.41) is 7.80. The minimum Gasteiger partial charge on any atom is -0.380 e. The molecule has 0 spiro atoms. The van der Waals surface area contributed by atoms with Crippen molar-refractivity contribution in [3.05, 3.63) is 21.0 Å². The second-order valence-electron chi connectivity index (χ2n) is 6.71. The van der Waals surface area contributed by atoms with E-state index in [1.54, 1.807) is 6.20 Å². The third kappa shape index (κ3) is 4.56. The number of rotatable bonds is 4. The Bertz CT molecular complexity index is 527. The number of nitrogens with zero attached hydrogens (tertiary/aromatic N) is 2. The standard InChI is InChI=1S/C16H26BrN3O/c1-11(2)10-20-16(21)15(17)14(9-18-20)19-13-6-4-5-12(3)7-8-13/h9,11-13,19H,4-8,10H2,1-3H3. The molecule has 2 atom stereocenters. The van der Waals surface area contributed by atoms with Crippen LogP contribution in [0.2, 0.25) is 0 Å². The van der Waals surface area contributed by atoms with Crippen LogP contribution in [-0.4, -0.2) is 15.8 Å². The van der Waals surface area contributed by atoms with Crippen LogP contribution in [0.15, 0.2) is 15.5 Å². The molecule has 118 valence electrons. The minimum absolute atomic E-state index is 0.0457. The maximum atomic E-state index is 12.3. The molecule has 0 aliphatic heterocycles. The molecule has 0 aromatic carbocycles. The largest absolute Gasteiger partial charge is 0.380 e. The lowest BCUT2D eigenvalue weighted by Crippen LogP contribution is -2.28. The van der Waals surface area contributed by atoms with Crippen molar-refractivity contribution < 1.29 is 0 Å². The number of aromatic nitrogens is 2. The lowest BCUT2D eigenvalue weighted by Gasteiger charge is -2.19. The monoisotopic (exact) mass is 355 g/mol. The average molecular weight is 356 g/mol.